The first kappa shape index (κ1) is 15.0. The van der Waals surface area contributed by atoms with Gasteiger partial charge in [0.05, 0.1) is 10.7 Å². The Kier molecular flexibility index (Phi) is 5.60. The zero-order chi connectivity index (χ0) is 14.4. The molecule has 1 atom stereocenters. The number of nitrogens with one attached hydrogen (secondary N) is 1. The van der Waals surface area contributed by atoms with Crippen molar-refractivity contribution in [3.05, 3.63) is 34.7 Å². The normalized spacial score (nSPS) is 12.3. The van der Waals surface area contributed by atoms with Crippen LogP contribution in [-0.2, 0) is 0 Å². The second kappa shape index (κ2) is 7.44. The van der Waals surface area contributed by atoms with Gasteiger partial charge >= 0.3 is 0 Å². The van der Waals surface area contributed by atoms with Crippen molar-refractivity contribution < 1.29 is 0 Å². The molecule has 0 amide bonds. The lowest BCUT2D eigenvalue weighted by atomic mass is 10.1. The van der Waals surface area contributed by atoms with E-state index in [1.165, 1.54) is 36.9 Å². The zero-order valence-electron chi connectivity index (χ0n) is 12.6. The van der Waals surface area contributed by atoms with Crippen LogP contribution in [0.25, 0.3) is 11.3 Å². The minimum Gasteiger partial charge on any atom is -0.383 e. The Labute approximate surface area is 126 Å². The smallest absolute Gasteiger partial charge is 0.0901 e. The van der Waals surface area contributed by atoms with Crippen LogP contribution in [0.3, 0.4) is 0 Å². The molecule has 0 aliphatic rings. The van der Waals surface area contributed by atoms with Crippen molar-refractivity contribution >= 4 is 17.0 Å². The van der Waals surface area contributed by atoms with Gasteiger partial charge in [-0.2, -0.15) is 0 Å². The Morgan fingerprint density at radius 3 is 2.55 bits per heavy atom. The first-order valence-electron chi connectivity index (χ1n) is 7.48. The quantitative estimate of drug-likeness (QED) is 0.680. The zero-order valence-corrected chi connectivity index (χ0v) is 13.5. The molecule has 1 unspecified atom stereocenters. The van der Waals surface area contributed by atoms with Crippen LogP contribution in [0, 0.1) is 6.92 Å². The van der Waals surface area contributed by atoms with E-state index in [9.17, 15) is 0 Å². The van der Waals surface area contributed by atoms with E-state index in [1.54, 1.807) is 11.3 Å². The highest BCUT2D eigenvalue weighted by Crippen LogP contribution is 2.23. The van der Waals surface area contributed by atoms with Gasteiger partial charge < -0.3 is 5.32 Å². The molecule has 2 aromatic rings. The van der Waals surface area contributed by atoms with Crippen molar-refractivity contribution in [2.75, 3.05) is 5.32 Å². The van der Waals surface area contributed by atoms with Crippen LogP contribution in [0.1, 0.15) is 44.5 Å². The van der Waals surface area contributed by atoms with Gasteiger partial charge in [0.25, 0.3) is 0 Å². The minimum atomic E-state index is 0.536. The van der Waals surface area contributed by atoms with E-state index in [1.807, 2.05) is 6.92 Å². The van der Waals surface area contributed by atoms with Crippen LogP contribution in [0.4, 0.5) is 5.69 Å². The number of rotatable bonds is 7. The molecule has 0 saturated carbocycles. The van der Waals surface area contributed by atoms with E-state index in [4.69, 9.17) is 0 Å². The highest BCUT2D eigenvalue weighted by atomic mass is 32.1. The molecular weight excluding hydrogens is 264 g/mol. The topological polar surface area (TPSA) is 24.9 Å². The van der Waals surface area contributed by atoms with Crippen LogP contribution < -0.4 is 5.32 Å². The fraction of sp³-hybridized carbons (Fsp3) is 0.471. The predicted molar refractivity (Wildman–Crippen MR) is 89.5 cm³/mol. The first-order valence-corrected chi connectivity index (χ1v) is 8.36. The third kappa shape index (κ3) is 4.34. The monoisotopic (exact) mass is 288 g/mol. The second-order valence-electron chi connectivity index (χ2n) is 5.37. The largest absolute Gasteiger partial charge is 0.383 e. The molecule has 1 heterocycles. The molecule has 20 heavy (non-hydrogen) atoms. The lowest BCUT2D eigenvalue weighted by Gasteiger charge is -2.15. The average Bonchev–Trinajstić information content (AvgIpc) is 2.86. The van der Waals surface area contributed by atoms with Gasteiger partial charge in [0.2, 0.25) is 0 Å². The van der Waals surface area contributed by atoms with Crippen LogP contribution in [-0.4, -0.2) is 11.0 Å². The highest BCUT2D eigenvalue weighted by molar-refractivity contribution is 7.09. The molecule has 1 aromatic heterocycles. The number of unbranched alkanes of at least 4 members (excludes halogenated alkanes) is 2. The molecule has 0 fully saturated rings. The standard InChI is InChI=1S/C17H24N2S/c1-4-5-6-7-13(2)18-16-10-8-15(9-11-16)17-12-20-14(3)19-17/h8-13,18H,4-7H2,1-3H3. The van der Waals surface area contributed by atoms with Crippen LogP contribution in [0.5, 0.6) is 0 Å². The fourth-order valence-corrected chi connectivity index (χ4v) is 2.91. The van der Waals surface area contributed by atoms with Gasteiger partial charge in [-0.1, -0.05) is 38.3 Å². The van der Waals surface area contributed by atoms with Gasteiger partial charge in [0.1, 0.15) is 0 Å². The number of aromatic nitrogens is 1. The summed E-state index contributed by atoms with van der Waals surface area (Å²) >= 11 is 1.70. The second-order valence-corrected chi connectivity index (χ2v) is 6.43. The van der Waals surface area contributed by atoms with Crippen molar-refractivity contribution in [3.8, 4) is 11.3 Å². The summed E-state index contributed by atoms with van der Waals surface area (Å²) in [7, 11) is 0. The maximum Gasteiger partial charge on any atom is 0.0901 e. The summed E-state index contributed by atoms with van der Waals surface area (Å²) in [6.07, 6.45) is 5.16. The molecule has 0 radical (unpaired) electrons. The molecule has 1 aromatic carbocycles. The number of hydrogen-bond acceptors (Lipinski definition) is 3. The summed E-state index contributed by atoms with van der Waals surface area (Å²) in [4.78, 5) is 4.52. The predicted octanol–water partition coefficient (Wildman–Crippen LogP) is 5.50. The average molecular weight is 288 g/mol. The van der Waals surface area contributed by atoms with E-state index >= 15 is 0 Å². The molecule has 2 rings (SSSR count). The van der Waals surface area contributed by atoms with Crippen molar-refractivity contribution in [1.29, 1.82) is 0 Å². The Morgan fingerprint density at radius 2 is 1.95 bits per heavy atom. The van der Waals surface area contributed by atoms with Crippen molar-refractivity contribution in [2.24, 2.45) is 0 Å². The number of thiazole rings is 1. The summed E-state index contributed by atoms with van der Waals surface area (Å²) in [5, 5.41) is 6.80. The molecule has 108 valence electrons. The van der Waals surface area contributed by atoms with Gasteiger partial charge in [0.15, 0.2) is 0 Å². The molecule has 0 bridgehead atoms. The highest BCUT2D eigenvalue weighted by Gasteiger charge is 2.04. The molecule has 0 aliphatic carbocycles. The summed E-state index contributed by atoms with van der Waals surface area (Å²) < 4.78 is 0. The maximum atomic E-state index is 4.52. The van der Waals surface area contributed by atoms with Gasteiger partial charge in [-0.15, -0.1) is 11.3 Å². The summed E-state index contributed by atoms with van der Waals surface area (Å²) in [5.74, 6) is 0. The van der Waals surface area contributed by atoms with E-state index in [-0.39, 0.29) is 0 Å². The lowest BCUT2D eigenvalue weighted by Crippen LogP contribution is -2.14. The Hall–Kier alpha value is -1.35. The van der Waals surface area contributed by atoms with Gasteiger partial charge in [-0.25, -0.2) is 4.98 Å². The van der Waals surface area contributed by atoms with Crippen molar-refractivity contribution in [1.82, 2.24) is 4.98 Å². The minimum absolute atomic E-state index is 0.536. The number of aryl methyl sites for hydroxylation is 1. The van der Waals surface area contributed by atoms with Crippen molar-refractivity contribution in [2.45, 2.75) is 52.5 Å². The van der Waals surface area contributed by atoms with E-state index in [2.05, 4.69) is 53.8 Å². The van der Waals surface area contributed by atoms with E-state index < -0.39 is 0 Å². The van der Waals surface area contributed by atoms with Gasteiger partial charge in [0, 0.05) is 22.7 Å². The van der Waals surface area contributed by atoms with E-state index in [0.717, 1.165) is 10.7 Å². The van der Waals surface area contributed by atoms with Crippen LogP contribution >= 0.6 is 11.3 Å². The summed E-state index contributed by atoms with van der Waals surface area (Å²) in [5.41, 5.74) is 3.47. The molecule has 0 saturated heterocycles. The Morgan fingerprint density at radius 1 is 1.20 bits per heavy atom. The molecule has 0 aliphatic heterocycles. The van der Waals surface area contributed by atoms with E-state index in [0.29, 0.717) is 6.04 Å². The number of anilines is 1. The summed E-state index contributed by atoms with van der Waals surface area (Å²) in [6.45, 7) is 6.55. The Balaban J connectivity index is 1.91. The lowest BCUT2D eigenvalue weighted by molar-refractivity contribution is 0.615. The third-order valence-electron chi connectivity index (χ3n) is 3.45. The molecule has 3 heteroatoms. The molecular formula is C17H24N2S. The molecule has 0 spiro atoms. The molecule has 1 N–H and O–H groups in total. The first-order chi connectivity index (χ1) is 9.69. The SMILES string of the molecule is CCCCCC(C)Nc1ccc(-c2csc(C)n2)cc1. The summed E-state index contributed by atoms with van der Waals surface area (Å²) in [6, 6.07) is 9.14. The van der Waals surface area contributed by atoms with Crippen LogP contribution in [0.2, 0.25) is 0 Å². The van der Waals surface area contributed by atoms with Crippen LogP contribution in [0.15, 0.2) is 29.6 Å². The number of benzene rings is 1. The fourth-order valence-electron chi connectivity index (χ4n) is 2.29. The van der Waals surface area contributed by atoms with Gasteiger partial charge in [-0.3, -0.25) is 0 Å². The maximum absolute atomic E-state index is 4.52. The molecule has 2 nitrogen and oxygen atoms in total. The van der Waals surface area contributed by atoms with Gasteiger partial charge in [-0.05, 0) is 32.4 Å². The Bertz CT molecular complexity index is 516. The number of nitrogens with zero attached hydrogens (tertiary/aromatic N) is 1. The van der Waals surface area contributed by atoms with Crippen molar-refractivity contribution in [3.63, 3.8) is 0 Å². The number of hydrogen-bond donors (Lipinski definition) is 1. The third-order valence-corrected chi connectivity index (χ3v) is 4.23.